The van der Waals surface area contributed by atoms with Crippen LogP contribution in [0.15, 0.2) is 72.8 Å². The molecule has 36 heavy (non-hydrogen) atoms. The van der Waals surface area contributed by atoms with Gasteiger partial charge in [-0.3, -0.25) is 4.79 Å². The van der Waals surface area contributed by atoms with E-state index in [1.165, 1.54) is 16.7 Å². The van der Waals surface area contributed by atoms with Crippen LogP contribution in [-0.4, -0.2) is 22.1 Å². The zero-order valence-electron chi connectivity index (χ0n) is 21.7. The van der Waals surface area contributed by atoms with Gasteiger partial charge < -0.3 is 14.6 Å². The van der Waals surface area contributed by atoms with Crippen molar-refractivity contribution in [3.05, 3.63) is 95.3 Å². The van der Waals surface area contributed by atoms with E-state index in [2.05, 4.69) is 67.1 Å². The molecular formula is C31H37N3O2. The molecule has 1 aromatic heterocycles. The molecule has 0 spiro atoms. The number of ether oxygens (including phenoxy) is 1. The molecule has 0 fully saturated rings. The predicted molar refractivity (Wildman–Crippen MR) is 146 cm³/mol. The minimum Gasteiger partial charge on any atom is -0.493 e. The Morgan fingerprint density at radius 2 is 1.78 bits per heavy atom. The molecule has 0 radical (unpaired) electrons. The van der Waals surface area contributed by atoms with Gasteiger partial charge in [-0.2, -0.15) is 0 Å². The lowest BCUT2D eigenvalue weighted by atomic mass is 10.0. The van der Waals surface area contributed by atoms with Gasteiger partial charge in [-0.1, -0.05) is 68.4 Å². The van der Waals surface area contributed by atoms with E-state index in [4.69, 9.17) is 9.72 Å². The second-order valence-electron chi connectivity index (χ2n) is 9.68. The van der Waals surface area contributed by atoms with Gasteiger partial charge in [0.05, 0.1) is 24.2 Å². The number of aromatic nitrogens is 2. The molecular weight excluding hydrogens is 446 g/mol. The number of amides is 1. The number of benzene rings is 3. The van der Waals surface area contributed by atoms with Crippen molar-refractivity contribution in [3.63, 3.8) is 0 Å². The number of hydrogen-bond donors (Lipinski definition) is 1. The summed E-state index contributed by atoms with van der Waals surface area (Å²) in [7, 11) is 0. The fourth-order valence-corrected chi connectivity index (χ4v) is 4.48. The second-order valence-corrected chi connectivity index (χ2v) is 9.68. The van der Waals surface area contributed by atoms with Crippen LogP contribution in [0.2, 0.25) is 0 Å². The Bertz CT molecular complexity index is 1280. The van der Waals surface area contributed by atoms with Crippen molar-refractivity contribution in [2.75, 3.05) is 6.61 Å². The highest BCUT2D eigenvalue weighted by Gasteiger charge is 2.12. The number of hydrogen-bond acceptors (Lipinski definition) is 3. The maximum absolute atomic E-state index is 12.5. The summed E-state index contributed by atoms with van der Waals surface area (Å²) in [5.74, 6) is 2.37. The number of carbonyl (C=O) groups excluding carboxylic acids is 1. The first kappa shape index (κ1) is 25.5. The Kier molecular flexibility index (Phi) is 8.77. The third-order valence-electron chi connectivity index (χ3n) is 6.49. The van der Waals surface area contributed by atoms with Gasteiger partial charge in [0.25, 0.3) is 0 Å². The fourth-order valence-electron chi connectivity index (χ4n) is 4.48. The molecule has 1 N–H and O–H groups in total. The van der Waals surface area contributed by atoms with E-state index in [1.807, 2.05) is 36.4 Å². The number of aryl methyl sites for hydroxylation is 3. The third-order valence-corrected chi connectivity index (χ3v) is 6.49. The van der Waals surface area contributed by atoms with Gasteiger partial charge in [0.1, 0.15) is 11.6 Å². The normalized spacial score (nSPS) is 11.2. The molecule has 5 heteroatoms. The van der Waals surface area contributed by atoms with Crippen molar-refractivity contribution < 1.29 is 9.53 Å². The summed E-state index contributed by atoms with van der Waals surface area (Å²) in [6.07, 6.45) is 3.13. The fraction of sp³-hybridized carbons (Fsp3) is 0.355. The molecule has 0 atom stereocenters. The first-order valence-electron chi connectivity index (χ1n) is 13.0. The molecule has 0 saturated carbocycles. The molecule has 0 aliphatic heterocycles. The molecule has 5 nitrogen and oxygen atoms in total. The molecule has 188 valence electrons. The lowest BCUT2D eigenvalue weighted by Gasteiger charge is -2.15. The highest BCUT2D eigenvalue weighted by atomic mass is 16.5. The Labute approximate surface area is 214 Å². The highest BCUT2D eigenvalue weighted by Crippen LogP contribution is 2.27. The van der Waals surface area contributed by atoms with Crippen molar-refractivity contribution in [2.45, 2.75) is 65.5 Å². The summed E-state index contributed by atoms with van der Waals surface area (Å²) in [5.41, 5.74) is 5.71. The number of fused-ring (bicyclic) bond motifs is 1. The molecule has 0 bridgehead atoms. The van der Waals surface area contributed by atoms with Crippen LogP contribution in [0.25, 0.3) is 11.0 Å². The SMILES string of the molecule is Cc1ccc(C(C)C)c(OCCCCn2c(CNC(=O)CCc3ccccc3)nc3ccccc32)c1. The monoisotopic (exact) mass is 483 g/mol. The van der Waals surface area contributed by atoms with Gasteiger partial charge in [0.15, 0.2) is 0 Å². The van der Waals surface area contributed by atoms with Crippen LogP contribution in [0.5, 0.6) is 5.75 Å². The quantitative estimate of drug-likeness (QED) is 0.232. The van der Waals surface area contributed by atoms with Gasteiger partial charge in [-0.05, 0) is 67.0 Å². The van der Waals surface area contributed by atoms with Crippen molar-refractivity contribution in [3.8, 4) is 5.75 Å². The van der Waals surface area contributed by atoms with Crippen LogP contribution < -0.4 is 10.1 Å². The maximum atomic E-state index is 12.5. The van der Waals surface area contributed by atoms with Gasteiger partial charge in [0, 0.05) is 13.0 Å². The third kappa shape index (κ3) is 6.75. The summed E-state index contributed by atoms with van der Waals surface area (Å²) in [6, 6.07) is 24.7. The van der Waals surface area contributed by atoms with Gasteiger partial charge in [0.2, 0.25) is 5.91 Å². The average molecular weight is 484 g/mol. The summed E-state index contributed by atoms with van der Waals surface area (Å²) >= 11 is 0. The number of unbranched alkanes of at least 4 members (excludes halogenated alkanes) is 1. The Balaban J connectivity index is 1.32. The van der Waals surface area contributed by atoms with E-state index < -0.39 is 0 Å². The number of rotatable bonds is 12. The van der Waals surface area contributed by atoms with Crippen molar-refractivity contribution >= 4 is 16.9 Å². The largest absolute Gasteiger partial charge is 0.493 e. The number of carbonyl (C=O) groups is 1. The molecule has 3 aromatic carbocycles. The summed E-state index contributed by atoms with van der Waals surface area (Å²) in [6.45, 7) is 8.45. The summed E-state index contributed by atoms with van der Waals surface area (Å²) in [5, 5.41) is 3.07. The standard InChI is InChI=1S/C31H37N3O2/c1-23(2)26-17-15-24(3)21-29(26)36-20-10-9-19-34-28-14-8-7-13-27(28)33-30(34)22-32-31(35)18-16-25-11-5-4-6-12-25/h4-8,11-15,17,21,23H,9-10,16,18-20,22H2,1-3H3,(H,32,35). The topological polar surface area (TPSA) is 56.1 Å². The minimum atomic E-state index is 0.0463. The smallest absolute Gasteiger partial charge is 0.220 e. The molecule has 0 unspecified atom stereocenters. The Hall–Kier alpha value is -3.60. The maximum Gasteiger partial charge on any atom is 0.220 e. The number of para-hydroxylation sites is 2. The highest BCUT2D eigenvalue weighted by molar-refractivity contribution is 5.77. The van der Waals surface area contributed by atoms with E-state index in [-0.39, 0.29) is 5.91 Å². The van der Waals surface area contributed by atoms with E-state index >= 15 is 0 Å². The first-order chi connectivity index (χ1) is 17.5. The van der Waals surface area contributed by atoms with E-state index in [1.54, 1.807) is 0 Å². The van der Waals surface area contributed by atoms with Crippen molar-refractivity contribution in [1.82, 2.24) is 14.9 Å². The van der Waals surface area contributed by atoms with Crippen LogP contribution in [0, 0.1) is 6.92 Å². The zero-order chi connectivity index (χ0) is 25.3. The molecule has 4 rings (SSSR count). The average Bonchev–Trinajstić information content (AvgIpc) is 3.24. The summed E-state index contributed by atoms with van der Waals surface area (Å²) < 4.78 is 8.41. The lowest BCUT2D eigenvalue weighted by Crippen LogP contribution is -2.25. The predicted octanol–water partition coefficient (Wildman–Crippen LogP) is 6.58. The van der Waals surface area contributed by atoms with E-state index in [0.29, 0.717) is 25.5 Å². The molecule has 0 aliphatic carbocycles. The minimum absolute atomic E-state index is 0.0463. The second kappa shape index (κ2) is 12.4. The first-order valence-corrected chi connectivity index (χ1v) is 13.0. The molecule has 4 aromatic rings. The molecule has 0 saturated heterocycles. The lowest BCUT2D eigenvalue weighted by molar-refractivity contribution is -0.121. The van der Waals surface area contributed by atoms with Crippen molar-refractivity contribution in [1.29, 1.82) is 0 Å². The van der Waals surface area contributed by atoms with Crippen molar-refractivity contribution in [2.24, 2.45) is 0 Å². The number of nitrogens with one attached hydrogen (secondary N) is 1. The number of imidazole rings is 1. The van der Waals surface area contributed by atoms with Gasteiger partial charge in [-0.15, -0.1) is 0 Å². The van der Waals surface area contributed by atoms with Crippen LogP contribution in [0.3, 0.4) is 0 Å². The van der Waals surface area contributed by atoms with E-state index in [0.717, 1.165) is 48.4 Å². The van der Waals surface area contributed by atoms with Gasteiger partial charge in [-0.25, -0.2) is 4.98 Å². The Morgan fingerprint density at radius 3 is 2.58 bits per heavy atom. The summed E-state index contributed by atoms with van der Waals surface area (Å²) in [4.78, 5) is 17.3. The number of nitrogens with zero attached hydrogens (tertiary/aromatic N) is 2. The van der Waals surface area contributed by atoms with Gasteiger partial charge >= 0.3 is 0 Å². The van der Waals surface area contributed by atoms with Crippen LogP contribution >= 0.6 is 0 Å². The Morgan fingerprint density at radius 1 is 1.00 bits per heavy atom. The molecule has 1 amide bonds. The molecule has 0 aliphatic rings. The van der Waals surface area contributed by atoms with Crippen LogP contribution in [-0.2, 0) is 24.3 Å². The van der Waals surface area contributed by atoms with Crippen LogP contribution in [0.1, 0.15) is 61.5 Å². The molecule has 1 heterocycles. The van der Waals surface area contributed by atoms with Crippen LogP contribution in [0.4, 0.5) is 0 Å². The zero-order valence-corrected chi connectivity index (χ0v) is 21.7. The van der Waals surface area contributed by atoms with E-state index in [9.17, 15) is 4.79 Å².